The Balaban J connectivity index is 1.49. The summed E-state index contributed by atoms with van der Waals surface area (Å²) in [6.45, 7) is 0.583. The monoisotopic (exact) mass is 298 g/mol. The second kappa shape index (κ2) is 4.86. The van der Waals surface area contributed by atoms with Crippen molar-refractivity contribution in [3.63, 3.8) is 0 Å². The zero-order chi connectivity index (χ0) is 14.4. The fourth-order valence-corrected chi connectivity index (χ4v) is 3.82. The molecule has 2 aliphatic rings. The van der Waals surface area contributed by atoms with Gasteiger partial charge >= 0.3 is 0 Å². The summed E-state index contributed by atoms with van der Waals surface area (Å²) in [5.41, 5.74) is 6.44. The van der Waals surface area contributed by atoms with Crippen LogP contribution in [0.3, 0.4) is 0 Å². The normalized spacial score (nSPS) is 33.5. The highest BCUT2D eigenvalue weighted by atomic mass is 32.2. The zero-order valence-corrected chi connectivity index (χ0v) is 12.6. The third-order valence-electron chi connectivity index (χ3n) is 4.80. The molecular weight excluding hydrogens is 276 g/mol. The predicted molar refractivity (Wildman–Crippen MR) is 75.9 cm³/mol. The highest BCUT2D eigenvalue weighted by molar-refractivity contribution is 7.90. The molecule has 1 heterocycles. The van der Waals surface area contributed by atoms with Crippen molar-refractivity contribution < 1.29 is 12.8 Å². The predicted octanol–water partition coefficient (Wildman–Crippen LogP) is 1.43. The Labute approximate surface area is 119 Å². The molecule has 1 aromatic rings. The minimum absolute atomic E-state index is 0.0425. The van der Waals surface area contributed by atoms with Crippen LogP contribution in [-0.4, -0.2) is 26.8 Å². The standard InChI is InChI=1S/C14H22N2O3S/c1-20(17,18)13-3-2-11(19-13)9-16-10-4-6-14(7-5-10)8-12(14)15/h2-3,10,12,16H,4-9,15H2,1H3. The van der Waals surface area contributed by atoms with Crippen molar-refractivity contribution in [1.82, 2.24) is 5.32 Å². The molecule has 0 amide bonds. The van der Waals surface area contributed by atoms with Crippen LogP contribution in [0, 0.1) is 5.41 Å². The molecule has 1 spiro atoms. The Kier molecular flexibility index (Phi) is 3.43. The molecule has 20 heavy (non-hydrogen) atoms. The van der Waals surface area contributed by atoms with E-state index < -0.39 is 9.84 Å². The van der Waals surface area contributed by atoms with Gasteiger partial charge in [0, 0.05) is 18.3 Å². The lowest BCUT2D eigenvalue weighted by Gasteiger charge is -2.29. The van der Waals surface area contributed by atoms with E-state index in [0.717, 1.165) is 19.1 Å². The van der Waals surface area contributed by atoms with E-state index in [9.17, 15) is 8.42 Å². The van der Waals surface area contributed by atoms with E-state index in [1.54, 1.807) is 6.07 Å². The summed E-state index contributed by atoms with van der Waals surface area (Å²) in [7, 11) is -3.25. The van der Waals surface area contributed by atoms with Gasteiger partial charge in [0.05, 0.1) is 6.54 Å². The average molecular weight is 298 g/mol. The van der Waals surface area contributed by atoms with Crippen LogP contribution in [0.4, 0.5) is 0 Å². The minimum atomic E-state index is -3.25. The highest BCUT2D eigenvalue weighted by Crippen LogP contribution is 2.54. The molecule has 0 aromatic carbocycles. The Morgan fingerprint density at radius 3 is 2.55 bits per heavy atom. The van der Waals surface area contributed by atoms with E-state index in [-0.39, 0.29) is 5.09 Å². The van der Waals surface area contributed by atoms with Crippen molar-refractivity contribution in [1.29, 1.82) is 0 Å². The first-order valence-corrected chi connectivity index (χ1v) is 9.06. The first-order valence-electron chi connectivity index (χ1n) is 7.17. The summed E-state index contributed by atoms with van der Waals surface area (Å²) in [5, 5.41) is 3.50. The van der Waals surface area contributed by atoms with Crippen LogP contribution in [0.25, 0.3) is 0 Å². The molecule has 0 bridgehead atoms. The van der Waals surface area contributed by atoms with Crippen LogP contribution < -0.4 is 11.1 Å². The first-order chi connectivity index (χ1) is 9.39. The molecule has 0 radical (unpaired) electrons. The van der Waals surface area contributed by atoms with Gasteiger partial charge in [0.2, 0.25) is 14.9 Å². The molecule has 6 heteroatoms. The lowest BCUT2D eigenvalue weighted by atomic mass is 9.83. The average Bonchev–Trinajstić information content (AvgIpc) is 2.82. The fourth-order valence-electron chi connectivity index (χ4n) is 3.25. The summed E-state index contributed by atoms with van der Waals surface area (Å²) in [6.07, 6.45) is 7.05. The third-order valence-corrected chi connectivity index (χ3v) is 5.75. The summed E-state index contributed by atoms with van der Waals surface area (Å²) >= 11 is 0. The van der Waals surface area contributed by atoms with Crippen LogP contribution in [0.5, 0.6) is 0 Å². The Bertz CT molecular complexity index is 585. The van der Waals surface area contributed by atoms with Gasteiger partial charge in [-0.05, 0) is 49.7 Å². The van der Waals surface area contributed by atoms with Crippen molar-refractivity contribution in [2.75, 3.05) is 6.26 Å². The van der Waals surface area contributed by atoms with E-state index in [1.807, 2.05) is 0 Å². The van der Waals surface area contributed by atoms with E-state index in [1.165, 1.54) is 25.3 Å². The number of nitrogens with one attached hydrogen (secondary N) is 1. The maximum absolute atomic E-state index is 11.3. The smallest absolute Gasteiger partial charge is 0.217 e. The molecule has 2 aliphatic carbocycles. The first kappa shape index (κ1) is 14.1. The maximum atomic E-state index is 11.3. The molecule has 0 aliphatic heterocycles. The molecule has 1 atom stereocenters. The quantitative estimate of drug-likeness (QED) is 0.878. The van der Waals surface area contributed by atoms with Crippen molar-refractivity contribution in [3.8, 4) is 0 Å². The molecule has 2 fully saturated rings. The van der Waals surface area contributed by atoms with Gasteiger partial charge in [0.25, 0.3) is 0 Å². The van der Waals surface area contributed by atoms with E-state index in [2.05, 4.69) is 5.32 Å². The van der Waals surface area contributed by atoms with Crippen LogP contribution in [0.2, 0.25) is 0 Å². The number of furan rings is 1. The van der Waals surface area contributed by atoms with E-state index in [4.69, 9.17) is 10.2 Å². The number of hydrogen-bond acceptors (Lipinski definition) is 5. The highest BCUT2D eigenvalue weighted by Gasteiger charge is 2.52. The van der Waals surface area contributed by atoms with Gasteiger partial charge in [-0.25, -0.2) is 8.42 Å². The molecule has 0 saturated heterocycles. The zero-order valence-electron chi connectivity index (χ0n) is 11.8. The summed E-state index contributed by atoms with van der Waals surface area (Å²) in [6, 6.07) is 4.15. The largest absolute Gasteiger partial charge is 0.448 e. The van der Waals surface area contributed by atoms with Crippen LogP contribution in [0.15, 0.2) is 21.6 Å². The number of hydrogen-bond donors (Lipinski definition) is 2. The van der Waals surface area contributed by atoms with Crippen LogP contribution in [-0.2, 0) is 16.4 Å². The Morgan fingerprint density at radius 1 is 1.40 bits per heavy atom. The minimum Gasteiger partial charge on any atom is -0.448 e. The van der Waals surface area contributed by atoms with Gasteiger partial charge in [0.15, 0.2) is 0 Å². The van der Waals surface area contributed by atoms with Crippen molar-refractivity contribution >= 4 is 9.84 Å². The lowest BCUT2D eigenvalue weighted by molar-refractivity contribution is 0.261. The summed E-state index contributed by atoms with van der Waals surface area (Å²) < 4.78 is 28.0. The van der Waals surface area contributed by atoms with Crippen LogP contribution >= 0.6 is 0 Å². The van der Waals surface area contributed by atoms with Crippen molar-refractivity contribution in [2.45, 2.75) is 55.8 Å². The molecule has 3 N–H and O–H groups in total. The van der Waals surface area contributed by atoms with Crippen LogP contribution in [0.1, 0.15) is 37.9 Å². The molecular formula is C14H22N2O3S. The van der Waals surface area contributed by atoms with Crippen molar-refractivity contribution in [2.24, 2.45) is 11.1 Å². The number of sulfone groups is 1. The molecule has 3 rings (SSSR count). The number of rotatable bonds is 4. The molecule has 2 saturated carbocycles. The SMILES string of the molecule is CS(=O)(=O)c1ccc(CNC2CCC3(CC2)CC3N)o1. The van der Waals surface area contributed by atoms with E-state index in [0.29, 0.717) is 29.8 Å². The van der Waals surface area contributed by atoms with E-state index >= 15 is 0 Å². The van der Waals surface area contributed by atoms with Gasteiger partial charge < -0.3 is 15.5 Å². The molecule has 1 aromatic heterocycles. The lowest BCUT2D eigenvalue weighted by Crippen LogP contribution is -2.34. The number of nitrogens with two attached hydrogens (primary N) is 1. The molecule has 1 unspecified atom stereocenters. The second-order valence-electron chi connectivity index (χ2n) is 6.32. The fraction of sp³-hybridized carbons (Fsp3) is 0.714. The van der Waals surface area contributed by atoms with Gasteiger partial charge in [-0.1, -0.05) is 0 Å². The van der Waals surface area contributed by atoms with Crippen molar-refractivity contribution in [3.05, 3.63) is 17.9 Å². The Hall–Kier alpha value is -0.850. The topological polar surface area (TPSA) is 85.3 Å². The van der Waals surface area contributed by atoms with Gasteiger partial charge in [-0.3, -0.25) is 0 Å². The van der Waals surface area contributed by atoms with Gasteiger partial charge in [-0.15, -0.1) is 0 Å². The summed E-state index contributed by atoms with van der Waals surface area (Å²) in [4.78, 5) is 0. The van der Waals surface area contributed by atoms with Gasteiger partial charge in [0.1, 0.15) is 5.76 Å². The van der Waals surface area contributed by atoms with Gasteiger partial charge in [-0.2, -0.15) is 0 Å². The second-order valence-corrected chi connectivity index (χ2v) is 8.27. The third kappa shape index (κ3) is 2.77. The molecule has 112 valence electrons. The maximum Gasteiger partial charge on any atom is 0.217 e. The molecule has 5 nitrogen and oxygen atoms in total. The Morgan fingerprint density at radius 2 is 2.05 bits per heavy atom. The summed E-state index contributed by atoms with van der Waals surface area (Å²) in [5.74, 6) is 0.675.